The van der Waals surface area contributed by atoms with Gasteiger partial charge in [-0.05, 0) is 31.0 Å². The summed E-state index contributed by atoms with van der Waals surface area (Å²) in [5.41, 5.74) is 0.348. The van der Waals surface area contributed by atoms with E-state index in [-0.39, 0.29) is 23.6 Å². The number of nitrogens with one attached hydrogen (secondary N) is 1. The summed E-state index contributed by atoms with van der Waals surface area (Å²) in [6.07, 6.45) is 6.53. The lowest BCUT2D eigenvalue weighted by molar-refractivity contribution is -0.0956. The third kappa shape index (κ3) is 4.24. The maximum absolute atomic E-state index is 12.7. The number of carbonyl (C=O) groups is 1. The Morgan fingerprint density at radius 1 is 1.27 bits per heavy atom. The molecule has 0 spiro atoms. The summed E-state index contributed by atoms with van der Waals surface area (Å²) in [6, 6.07) is 6.01. The van der Waals surface area contributed by atoms with Gasteiger partial charge in [0, 0.05) is 24.6 Å². The number of nitrogens with zero attached hydrogens (tertiary/aromatic N) is 1. The first kappa shape index (κ1) is 18.9. The molecule has 2 aliphatic rings. The molecular weight excluding hydrogens is 356 g/mol. The van der Waals surface area contributed by atoms with Crippen molar-refractivity contribution < 1.29 is 22.7 Å². The summed E-state index contributed by atoms with van der Waals surface area (Å²) in [4.78, 5) is 14.5. The van der Waals surface area contributed by atoms with Gasteiger partial charge in [0.1, 0.15) is 0 Å². The molecule has 26 heavy (non-hydrogen) atoms. The number of ether oxygens (including phenoxy) is 2. The third-order valence-corrected chi connectivity index (χ3v) is 6.01. The number of terminal acetylenes is 1. The molecule has 3 rings (SSSR count). The van der Waals surface area contributed by atoms with Crippen LogP contribution in [0, 0.1) is 18.3 Å². The minimum atomic E-state index is -3.73. The fourth-order valence-corrected chi connectivity index (χ4v) is 4.20. The molecule has 2 heterocycles. The Kier molecular flexibility index (Phi) is 5.94. The predicted molar refractivity (Wildman–Crippen MR) is 94.8 cm³/mol. The number of hydrogen-bond donors (Lipinski definition) is 1. The summed E-state index contributed by atoms with van der Waals surface area (Å²) in [5, 5.41) is 0. The average Bonchev–Trinajstić information content (AvgIpc) is 3.21. The number of sulfonamides is 1. The second-order valence-electron chi connectivity index (χ2n) is 6.30. The topological polar surface area (TPSA) is 84.9 Å². The van der Waals surface area contributed by atoms with Gasteiger partial charge in [-0.15, -0.1) is 6.42 Å². The van der Waals surface area contributed by atoms with E-state index in [4.69, 9.17) is 15.9 Å². The van der Waals surface area contributed by atoms with Crippen molar-refractivity contribution in [2.75, 3.05) is 32.8 Å². The molecule has 0 saturated carbocycles. The number of rotatable bonds is 5. The minimum Gasteiger partial charge on any atom is -0.350 e. The zero-order valence-electron chi connectivity index (χ0n) is 14.4. The van der Waals surface area contributed by atoms with Crippen LogP contribution in [0.4, 0.5) is 0 Å². The van der Waals surface area contributed by atoms with Crippen LogP contribution >= 0.6 is 0 Å². The van der Waals surface area contributed by atoms with Gasteiger partial charge in [-0.3, -0.25) is 4.79 Å². The van der Waals surface area contributed by atoms with E-state index in [1.54, 1.807) is 17.0 Å². The molecule has 2 fully saturated rings. The highest BCUT2D eigenvalue weighted by Crippen LogP contribution is 2.26. The van der Waals surface area contributed by atoms with E-state index in [2.05, 4.69) is 10.6 Å². The van der Waals surface area contributed by atoms with Gasteiger partial charge >= 0.3 is 0 Å². The number of amides is 1. The highest BCUT2D eigenvalue weighted by Gasteiger charge is 2.32. The Hall–Kier alpha value is -1.92. The molecule has 0 unspecified atom stereocenters. The van der Waals surface area contributed by atoms with Gasteiger partial charge in [-0.1, -0.05) is 12.0 Å². The van der Waals surface area contributed by atoms with Crippen LogP contribution in [0.3, 0.4) is 0 Å². The smallest absolute Gasteiger partial charge is 0.253 e. The van der Waals surface area contributed by atoms with E-state index < -0.39 is 10.0 Å². The van der Waals surface area contributed by atoms with Crippen LogP contribution in [-0.2, 0) is 19.5 Å². The summed E-state index contributed by atoms with van der Waals surface area (Å²) in [5.74, 6) is 2.34. The Morgan fingerprint density at radius 3 is 2.62 bits per heavy atom. The van der Waals surface area contributed by atoms with E-state index >= 15 is 0 Å². The molecule has 0 radical (unpaired) electrons. The first-order valence-corrected chi connectivity index (χ1v) is 10.1. The van der Waals surface area contributed by atoms with Crippen LogP contribution in [0.2, 0.25) is 0 Å². The number of benzene rings is 1. The summed E-state index contributed by atoms with van der Waals surface area (Å²) in [7, 11) is -3.73. The largest absolute Gasteiger partial charge is 0.350 e. The molecule has 140 valence electrons. The normalized spacial score (nSPS) is 19.4. The van der Waals surface area contributed by atoms with E-state index in [0.29, 0.717) is 37.8 Å². The Morgan fingerprint density at radius 2 is 1.96 bits per heavy atom. The monoisotopic (exact) mass is 378 g/mol. The number of piperidine rings is 1. The molecule has 0 atom stereocenters. The van der Waals surface area contributed by atoms with Gasteiger partial charge in [0.25, 0.3) is 5.91 Å². The van der Waals surface area contributed by atoms with Gasteiger partial charge in [0.05, 0.1) is 24.7 Å². The fraction of sp³-hybridized carbons (Fsp3) is 0.500. The molecule has 0 bridgehead atoms. The van der Waals surface area contributed by atoms with Gasteiger partial charge in [0.15, 0.2) is 6.29 Å². The van der Waals surface area contributed by atoms with E-state index in [9.17, 15) is 13.2 Å². The quantitative estimate of drug-likeness (QED) is 0.767. The zero-order valence-corrected chi connectivity index (χ0v) is 15.2. The van der Waals surface area contributed by atoms with Crippen LogP contribution in [0.1, 0.15) is 23.2 Å². The standard InChI is InChI=1S/C18H22N2O5S/c1-2-8-19-26(22,23)16-5-3-4-15(13-16)17(21)20-9-6-14(7-10-20)18-24-11-12-25-18/h1,3-5,13-14,18-19H,6-12H2. The number of likely N-dealkylation sites (tertiary alicyclic amines) is 1. The molecule has 2 saturated heterocycles. The summed E-state index contributed by atoms with van der Waals surface area (Å²) in [6.45, 7) is 2.34. The SMILES string of the molecule is C#CCNS(=O)(=O)c1cccc(C(=O)N2CCC(C3OCCO3)CC2)c1. The Balaban J connectivity index is 1.65. The van der Waals surface area contributed by atoms with Gasteiger partial charge < -0.3 is 14.4 Å². The van der Waals surface area contributed by atoms with E-state index in [1.165, 1.54) is 12.1 Å². The maximum atomic E-state index is 12.7. The van der Waals surface area contributed by atoms with Crippen LogP contribution < -0.4 is 4.72 Å². The molecule has 0 aromatic heterocycles. The van der Waals surface area contributed by atoms with Crippen molar-refractivity contribution in [3.05, 3.63) is 29.8 Å². The molecule has 8 heteroatoms. The zero-order chi connectivity index (χ0) is 18.6. The molecule has 2 aliphatic heterocycles. The van der Waals surface area contributed by atoms with Crippen molar-refractivity contribution in [2.45, 2.75) is 24.0 Å². The van der Waals surface area contributed by atoms with E-state index in [0.717, 1.165) is 12.8 Å². The first-order chi connectivity index (χ1) is 12.5. The summed E-state index contributed by atoms with van der Waals surface area (Å²) < 4.78 is 37.7. The van der Waals surface area contributed by atoms with Crippen LogP contribution in [-0.4, -0.2) is 58.4 Å². The van der Waals surface area contributed by atoms with Gasteiger partial charge in [-0.2, -0.15) is 4.72 Å². The van der Waals surface area contributed by atoms with Crippen molar-refractivity contribution in [3.8, 4) is 12.3 Å². The molecule has 1 N–H and O–H groups in total. The molecule has 0 aliphatic carbocycles. The molecule has 1 amide bonds. The Labute approximate surface area is 153 Å². The Bertz CT molecular complexity index is 788. The lowest BCUT2D eigenvalue weighted by Gasteiger charge is -2.34. The first-order valence-electron chi connectivity index (χ1n) is 8.57. The van der Waals surface area contributed by atoms with Gasteiger partial charge in [0.2, 0.25) is 10.0 Å². The van der Waals surface area contributed by atoms with Crippen molar-refractivity contribution in [3.63, 3.8) is 0 Å². The molecule has 7 nitrogen and oxygen atoms in total. The lowest BCUT2D eigenvalue weighted by Crippen LogP contribution is -2.41. The van der Waals surface area contributed by atoms with Gasteiger partial charge in [-0.25, -0.2) is 8.42 Å². The second-order valence-corrected chi connectivity index (χ2v) is 8.06. The second kappa shape index (κ2) is 8.18. The fourth-order valence-electron chi connectivity index (χ4n) is 3.22. The minimum absolute atomic E-state index is 0.0289. The van der Waals surface area contributed by atoms with Crippen molar-refractivity contribution in [2.24, 2.45) is 5.92 Å². The molecule has 1 aromatic carbocycles. The molecule has 1 aromatic rings. The number of carbonyl (C=O) groups excluding carboxylic acids is 1. The average molecular weight is 378 g/mol. The highest BCUT2D eigenvalue weighted by atomic mass is 32.2. The maximum Gasteiger partial charge on any atom is 0.253 e. The van der Waals surface area contributed by atoms with E-state index in [1.807, 2.05) is 0 Å². The summed E-state index contributed by atoms with van der Waals surface area (Å²) >= 11 is 0. The highest BCUT2D eigenvalue weighted by molar-refractivity contribution is 7.89. The van der Waals surface area contributed by atoms with Crippen LogP contribution in [0.15, 0.2) is 29.2 Å². The van der Waals surface area contributed by atoms with Crippen LogP contribution in [0.25, 0.3) is 0 Å². The van der Waals surface area contributed by atoms with Crippen molar-refractivity contribution in [1.29, 1.82) is 0 Å². The molecular formula is C18H22N2O5S. The lowest BCUT2D eigenvalue weighted by atomic mass is 9.95. The van der Waals surface area contributed by atoms with Crippen molar-refractivity contribution >= 4 is 15.9 Å². The predicted octanol–water partition coefficient (Wildman–Crippen LogP) is 0.823. The van der Waals surface area contributed by atoms with Crippen LogP contribution in [0.5, 0.6) is 0 Å². The van der Waals surface area contributed by atoms with Crippen molar-refractivity contribution in [1.82, 2.24) is 9.62 Å². The number of hydrogen-bond acceptors (Lipinski definition) is 5. The third-order valence-electron chi connectivity index (χ3n) is 4.61.